The molecule has 0 N–H and O–H groups in total. The van der Waals surface area contributed by atoms with Gasteiger partial charge in [-0.2, -0.15) is 5.26 Å². The van der Waals surface area contributed by atoms with E-state index in [1.54, 1.807) is 6.07 Å². The van der Waals surface area contributed by atoms with E-state index in [1.165, 1.54) is 0 Å². The van der Waals surface area contributed by atoms with E-state index in [-0.39, 0.29) is 6.61 Å². The molecule has 2 aromatic carbocycles. The molecule has 0 aliphatic rings. The van der Waals surface area contributed by atoms with Gasteiger partial charge in [-0.05, 0) is 23.3 Å². The van der Waals surface area contributed by atoms with Crippen LogP contribution < -0.4 is 4.74 Å². The summed E-state index contributed by atoms with van der Waals surface area (Å²) >= 11 is 6.08. The molecule has 84 valence electrons. The second-order valence-corrected chi connectivity index (χ2v) is 3.87. The maximum atomic E-state index is 8.43. The van der Waals surface area contributed by atoms with Gasteiger partial charge in [-0.1, -0.05) is 48.0 Å². The highest BCUT2D eigenvalue weighted by Crippen LogP contribution is 2.30. The Labute approximate surface area is 105 Å². The Morgan fingerprint density at radius 2 is 1.82 bits per heavy atom. The topological polar surface area (TPSA) is 33.0 Å². The third-order valence-corrected chi connectivity index (χ3v) is 2.63. The molecular weight excluding hydrogens is 234 g/mol. The fourth-order valence-electron chi connectivity index (χ4n) is 1.54. The van der Waals surface area contributed by atoms with Crippen LogP contribution in [-0.4, -0.2) is 6.61 Å². The lowest BCUT2D eigenvalue weighted by atomic mass is 10.1. The quantitative estimate of drug-likeness (QED) is 0.819. The van der Waals surface area contributed by atoms with Crippen molar-refractivity contribution in [3.8, 4) is 22.9 Å². The molecule has 2 nitrogen and oxygen atoms in total. The molecule has 0 radical (unpaired) electrons. The van der Waals surface area contributed by atoms with Crippen molar-refractivity contribution in [1.82, 2.24) is 0 Å². The number of halogens is 1. The molecule has 17 heavy (non-hydrogen) atoms. The molecule has 2 rings (SSSR count). The van der Waals surface area contributed by atoms with Crippen molar-refractivity contribution in [2.45, 2.75) is 0 Å². The summed E-state index contributed by atoms with van der Waals surface area (Å²) in [4.78, 5) is 0. The average molecular weight is 244 g/mol. The van der Waals surface area contributed by atoms with E-state index < -0.39 is 0 Å². The molecule has 0 fully saturated rings. The van der Waals surface area contributed by atoms with Crippen LogP contribution in [0.3, 0.4) is 0 Å². The Balaban J connectivity index is 2.29. The smallest absolute Gasteiger partial charge is 0.174 e. The van der Waals surface area contributed by atoms with Crippen LogP contribution in [0.4, 0.5) is 0 Å². The molecular formula is C14H10ClNO. The highest BCUT2D eigenvalue weighted by molar-refractivity contribution is 6.32. The van der Waals surface area contributed by atoms with Crippen molar-refractivity contribution in [1.29, 1.82) is 5.26 Å². The lowest BCUT2D eigenvalue weighted by Crippen LogP contribution is -1.94. The number of rotatable bonds is 3. The van der Waals surface area contributed by atoms with Crippen molar-refractivity contribution in [2.75, 3.05) is 6.61 Å². The Morgan fingerprint density at radius 3 is 2.47 bits per heavy atom. The first-order chi connectivity index (χ1) is 8.31. The predicted molar refractivity (Wildman–Crippen MR) is 68.0 cm³/mol. The predicted octanol–water partition coefficient (Wildman–Crippen LogP) is 3.91. The fraction of sp³-hybridized carbons (Fsp3) is 0.0714. The van der Waals surface area contributed by atoms with Crippen molar-refractivity contribution in [3.05, 3.63) is 53.6 Å². The van der Waals surface area contributed by atoms with E-state index >= 15 is 0 Å². The van der Waals surface area contributed by atoms with Crippen LogP contribution in [0, 0.1) is 11.3 Å². The summed E-state index contributed by atoms with van der Waals surface area (Å²) in [6.45, 7) is 0.00437. The van der Waals surface area contributed by atoms with Gasteiger partial charge in [-0.25, -0.2) is 0 Å². The van der Waals surface area contributed by atoms with E-state index in [9.17, 15) is 0 Å². The average Bonchev–Trinajstić information content (AvgIpc) is 2.38. The monoisotopic (exact) mass is 243 g/mol. The Bertz CT molecular complexity index is 546. The maximum Gasteiger partial charge on any atom is 0.174 e. The second kappa shape index (κ2) is 5.38. The van der Waals surface area contributed by atoms with E-state index in [0.29, 0.717) is 10.8 Å². The third kappa shape index (κ3) is 2.77. The first-order valence-electron chi connectivity index (χ1n) is 5.16. The summed E-state index contributed by atoms with van der Waals surface area (Å²) in [6, 6.07) is 17.4. The molecule has 0 saturated carbocycles. The van der Waals surface area contributed by atoms with E-state index in [1.807, 2.05) is 48.5 Å². The Morgan fingerprint density at radius 1 is 1.06 bits per heavy atom. The molecule has 2 aromatic rings. The molecule has 0 unspecified atom stereocenters. The van der Waals surface area contributed by atoms with Crippen LogP contribution in [0.15, 0.2) is 48.5 Å². The van der Waals surface area contributed by atoms with E-state index in [4.69, 9.17) is 21.6 Å². The minimum atomic E-state index is 0.00437. The summed E-state index contributed by atoms with van der Waals surface area (Å²) in [7, 11) is 0. The second-order valence-electron chi connectivity index (χ2n) is 3.46. The first-order valence-corrected chi connectivity index (χ1v) is 5.54. The van der Waals surface area contributed by atoms with E-state index in [2.05, 4.69) is 0 Å². The lowest BCUT2D eigenvalue weighted by molar-refractivity contribution is 0.368. The third-order valence-electron chi connectivity index (χ3n) is 2.33. The highest BCUT2D eigenvalue weighted by Gasteiger charge is 2.04. The van der Waals surface area contributed by atoms with Gasteiger partial charge in [-0.15, -0.1) is 0 Å². The largest absolute Gasteiger partial charge is 0.477 e. The fourth-order valence-corrected chi connectivity index (χ4v) is 1.77. The van der Waals surface area contributed by atoms with Crippen molar-refractivity contribution >= 4 is 11.6 Å². The zero-order valence-electron chi connectivity index (χ0n) is 9.06. The number of nitrogens with zero attached hydrogens (tertiary/aromatic N) is 1. The normalized spacial score (nSPS) is 9.65. The van der Waals surface area contributed by atoms with Crippen LogP contribution >= 0.6 is 11.6 Å². The van der Waals surface area contributed by atoms with Gasteiger partial charge < -0.3 is 4.74 Å². The molecule has 0 aliphatic carbocycles. The van der Waals surface area contributed by atoms with Crippen LogP contribution in [-0.2, 0) is 0 Å². The summed E-state index contributed by atoms with van der Waals surface area (Å²) < 4.78 is 5.18. The zero-order chi connectivity index (χ0) is 12.1. The molecule has 0 amide bonds. The number of nitriles is 1. The molecule has 0 heterocycles. The molecule has 0 aliphatic heterocycles. The van der Waals surface area contributed by atoms with Gasteiger partial charge in [0.25, 0.3) is 0 Å². The summed E-state index contributed by atoms with van der Waals surface area (Å²) in [6.07, 6.45) is 0. The SMILES string of the molecule is N#CCOc1ccc(-c2ccccc2)cc1Cl. The summed E-state index contributed by atoms with van der Waals surface area (Å²) in [5, 5.41) is 8.95. The van der Waals surface area contributed by atoms with Crippen LogP contribution in [0.1, 0.15) is 0 Å². The molecule has 0 bridgehead atoms. The number of hydrogen-bond donors (Lipinski definition) is 0. The minimum absolute atomic E-state index is 0.00437. The van der Waals surface area contributed by atoms with Crippen molar-refractivity contribution in [3.63, 3.8) is 0 Å². The van der Waals surface area contributed by atoms with Gasteiger partial charge in [-0.3, -0.25) is 0 Å². The molecule has 0 aromatic heterocycles. The maximum absolute atomic E-state index is 8.43. The van der Waals surface area contributed by atoms with Gasteiger partial charge in [0.15, 0.2) is 6.61 Å². The number of benzene rings is 2. The van der Waals surface area contributed by atoms with Gasteiger partial charge in [0, 0.05) is 0 Å². The van der Waals surface area contributed by atoms with Gasteiger partial charge in [0.2, 0.25) is 0 Å². The number of ether oxygens (including phenoxy) is 1. The summed E-state index contributed by atoms with van der Waals surface area (Å²) in [5.41, 5.74) is 2.13. The van der Waals surface area contributed by atoms with E-state index in [0.717, 1.165) is 11.1 Å². The van der Waals surface area contributed by atoms with Gasteiger partial charge >= 0.3 is 0 Å². The molecule has 0 saturated heterocycles. The number of hydrogen-bond acceptors (Lipinski definition) is 2. The van der Waals surface area contributed by atoms with Crippen molar-refractivity contribution in [2.24, 2.45) is 0 Å². The van der Waals surface area contributed by atoms with Crippen LogP contribution in [0.2, 0.25) is 5.02 Å². The molecule has 0 atom stereocenters. The first kappa shape index (κ1) is 11.5. The molecule has 3 heteroatoms. The molecule has 0 spiro atoms. The zero-order valence-corrected chi connectivity index (χ0v) is 9.82. The van der Waals surface area contributed by atoms with Gasteiger partial charge in [0.1, 0.15) is 11.8 Å². The Hall–Kier alpha value is -1.98. The highest BCUT2D eigenvalue weighted by atomic mass is 35.5. The van der Waals surface area contributed by atoms with Crippen LogP contribution in [0.25, 0.3) is 11.1 Å². The summed E-state index contributed by atoms with van der Waals surface area (Å²) in [5.74, 6) is 0.535. The van der Waals surface area contributed by atoms with Gasteiger partial charge in [0.05, 0.1) is 5.02 Å². The van der Waals surface area contributed by atoms with Crippen molar-refractivity contribution < 1.29 is 4.74 Å². The standard InChI is InChI=1S/C14H10ClNO/c15-13-10-12(11-4-2-1-3-5-11)6-7-14(13)17-9-8-16/h1-7,10H,9H2. The van der Waals surface area contributed by atoms with Crippen LogP contribution in [0.5, 0.6) is 5.75 Å². The Kier molecular flexibility index (Phi) is 3.64. The minimum Gasteiger partial charge on any atom is -0.477 e. The lowest BCUT2D eigenvalue weighted by Gasteiger charge is -2.07.